The van der Waals surface area contributed by atoms with Crippen LogP contribution in [0.25, 0.3) is 0 Å². The summed E-state index contributed by atoms with van der Waals surface area (Å²) in [5.41, 5.74) is 1.50. The number of nitrogens with zero attached hydrogens (tertiary/aromatic N) is 1. The van der Waals surface area contributed by atoms with Gasteiger partial charge in [-0.25, -0.2) is 4.79 Å². The molecule has 3 atom stereocenters. The molecule has 0 spiro atoms. The second-order valence-corrected chi connectivity index (χ2v) is 6.72. The number of carbonyl (C=O) groups is 3. The molecule has 6 nitrogen and oxygen atoms in total. The highest BCUT2D eigenvalue weighted by Gasteiger charge is 2.38. The number of amides is 2. The fourth-order valence-corrected chi connectivity index (χ4v) is 3.39. The van der Waals surface area contributed by atoms with Crippen molar-refractivity contribution in [2.24, 2.45) is 5.92 Å². The smallest absolute Gasteiger partial charge is 0.330 e. The van der Waals surface area contributed by atoms with Crippen molar-refractivity contribution < 1.29 is 19.5 Å². The van der Waals surface area contributed by atoms with Gasteiger partial charge >= 0.3 is 5.97 Å². The van der Waals surface area contributed by atoms with E-state index >= 15 is 0 Å². The molecule has 1 fully saturated rings. The van der Waals surface area contributed by atoms with Crippen LogP contribution in [0.5, 0.6) is 0 Å². The number of benzene rings is 2. The van der Waals surface area contributed by atoms with E-state index in [-0.39, 0.29) is 24.9 Å². The van der Waals surface area contributed by atoms with Gasteiger partial charge in [0.2, 0.25) is 11.8 Å². The number of aliphatic carboxylic acids is 1. The molecule has 1 saturated heterocycles. The zero-order valence-electron chi connectivity index (χ0n) is 15.0. The zero-order chi connectivity index (χ0) is 19.4. The lowest BCUT2D eigenvalue weighted by molar-refractivity contribution is -0.142. The summed E-state index contributed by atoms with van der Waals surface area (Å²) < 4.78 is 0. The van der Waals surface area contributed by atoms with E-state index in [1.807, 2.05) is 37.3 Å². The van der Waals surface area contributed by atoms with Crippen LogP contribution in [-0.4, -0.2) is 34.3 Å². The molecule has 1 heterocycles. The highest BCUT2D eigenvalue weighted by Crippen LogP contribution is 2.29. The Labute approximate surface area is 157 Å². The predicted octanol–water partition coefficient (Wildman–Crippen LogP) is 2.54. The van der Waals surface area contributed by atoms with Gasteiger partial charge in [-0.1, -0.05) is 60.7 Å². The highest BCUT2D eigenvalue weighted by molar-refractivity contribution is 5.91. The van der Waals surface area contributed by atoms with Gasteiger partial charge in [0.25, 0.3) is 0 Å². The molecule has 2 aromatic carbocycles. The predicted molar refractivity (Wildman–Crippen MR) is 99.6 cm³/mol. The third-order valence-electron chi connectivity index (χ3n) is 4.95. The number of hydrogen-bond acceptors (Lipinski definition) is 3. The molecular formula is C21H22N2O4. The van der Waals surface area contributed by atoms with Crippen molar-refractivity contribution in [1.82, 2.24) is 10.2 Å². The normalized spacial score (nSPS) is 18.8. The number of nitrogens with one attached hydrogen (secondary N) is 1. The maximum atomic E-state index is 12.6. The molecule has 140 valence electrons. The van der Waals surface area contributed by atoms with Crippen LogP contribution >= 0.6 is 0 Å². The van der Waals surface area contributed by atoms with E-state index in [0.29, 0.717) is 5.56 Å². The van der Waals surface area contributed by atoms with Gasteiger partial charge in [-0.15, -0.1) is 0 Å². The molecule has 1 aliphatic rings. The standard InChI is InChI=1S/C21H22N2O4/c1-14(15-8-4-2-5-9-15)23-13-17(12-18(23)24)20(25)22-19(21(26)27)16-10-6-3-7-11-16/h2-11,14,17,19H,12-13H2,1H3,(H,22,25)(H,26,27). The van der Waals surface area contributed by atoms with Crippen LogP contribution in [0.3, 0.4) is 0 Å². The third-order valence-corrected chi connectivity index (χ3v) is 4.95. The molecule has 2 N–H and O–H groups in total. The first kappa shape index (κ1) is 18.6. The highest BCUT2D eigenvalue weighted by atomic mass is 16.4. The van der Waals surface area contributed by atoms with E-state index in [1.165, 1.54) is 0 Å². The molecule has 0 saturated carbocycles. The summed E-state index contributed by atoms with van der Waals surface area (Å²) in [5.74, 6) is -2.21. The average molecular weight is 366 g/mol. The average Bonchev–Trinajstić information content (AvgIpc) is 3.08. The number of likely N-dealkylation sites (tertiary alicyclic amines) is 1. The van der Waals surface area contributed by atoms with E-state index < -0.39 is 23.8 Å². The van der Waals surface area contributed by atoms with E-state index in [0.717, 1.165) is 5.56 Å². The van der Waals surface area contributed by atoms with E-state index in [9.17, 15) is 19.5 Å². The van der Waals surface area contributed by atoms with Gasteiger partial charge in [-0.2, -0.15) is 0 Å². The Hall–Kier alpha value is -3.15. The SMILES string of the molecule is CC(c1ccccc1)N1CC(C(=O)NC(C(=O)O)c2ccccc2)CC1=O. The molecule has 2 aromatic rings. The second-order valence-electron chi connectivity index (χ2n) is 6.72. The first-order valence-corrected chi connectivity index (χ1v) is 8.90. The molecule has 27 heavy (non-hydrogen) atoms. The number of carboxylic acids is 1. The summed E-state index contributed by atoms with van der Waals surface area (Å²) in [6.45, 7) is 2.21. The monoisotopic (exact) mass is 366 g/mol. The summed E-state index contributed by atoms with van der Waals surface area (Å²) in [4.78, 5) is 38.3. The largest absolute Gasteiger partial charge is 0.479 e. The minimum absolute atomic E-state index is 0.0874. The van der Waals surface area contributed by atoms with Crippen LogP contribution in [0, 0.1) is 5.92 Å². The molecule has 0 bridgehead atoms. The molecule has 0 radical (unpaired) electrons. The third kappa shape index (κ3) is 4.16. The molecule has 0 aliphatic carbocycles. The molecule has 2 amide bonds. The Bertz CT molecular complexity index is 823. The number of carboxylic acid groups (broad SMARTS) is 1. The summed E-state index contributed by atoms with van der Waals surface area (Å²) in [6, 6.07) is 16.9. The molecular weight excluding hydrogens is 344 g/mol. The van der Waals surface area contributed by atoms with Crippen LogP contribution in [0.15, 0.2) is 60.7 Å². The molecule has 3 unspecified atom stereocenters. The van der Waals surface area contributed by atoms with E-state index in [2.05, 4.69) is 5.32 Å². The number of carbonyl (C=O) groups excluding carboxylic acids is 2. The maximum Gasteiger partial charge on any atom is 0.330 e. The number of hydrogen-bond donors (Lipinski definition) is 2. The van der Waals surface area contributed by atoms with Crippen molar-refractivity contribution in [2.75, 3.05) is 6.54 Å². The van der Waals surface area contributed by atoms with Gasteiger partial charge in [-0.3, -0.25) is 9.59 Å². The van der Waals surface area contributed by atoms with Gasteiger partial charge in [0.05, 0.1) is 12.0 Å². The van der Waals surface area contributed by atoms with Gasteiger partial charge in [0, 0.05) is 13.0 Å². The lowest BCUT2D eigenvalue weighted by Gasteiger charge is -2.25. The molecule has 6 heteroatoms. The van der Waals surface area contributed by atoms with Crippen molar-refractivity contribution in [3.05, 3.63) is 71.8 Å². The van der Waals surface area contributed by atoms with Crippen LogP contribution < -0.4 is 5.32 Å². The van der Waals surface area contributed by atoms with E-state index in [4.69, 9.17) is 0 Å². The summed E-state index contributed by atoms with van der Waals surface area (Å²) in [5, 5.41) is 12.0. The minimum Gasteiger partial charge on any atom is -0.479 e. The Morgan fingerprint density at radius 2 is 1.59 bits per heavy atom. The van der Waals surface area contributed by atoms with Crippen molar-refractivity contribution >= 4 is 17.8 Å². The van der Waals surface area contributed by atoms with Gasteiger partial charge < -0.3 is 15.3 Å². The van der Waals surface area contributed by atoms with Crippen molar-refractivity contribution in [3.8, 4) is 0 Å². The van der Waals surface area contributed by atoms with Gasteiger partial charge in [0.1, 0.15) is 0 Å². The van der Waals surface area contributed by atoms with E-state index in [1.54, 1.807) is 35.2 Å². The molecule has 1 aliphatic heterocycles. The lowest BCUT2D eigenvalue weighted by atomic mass is 10.0. The topological polar surface area (TPSA) is 86.7 Å². The Balaban J connectivity index is 1.69. The van der Waals surface area contributed by atoms with Crippen LogP contribution in [0.1, 0.15) is 36.6 Å². The second kappa shape index (κ2) is 8.03. The fraction of sp³-hybridized carbons (Fsp3) is 0.286. The van der Waals surface area contributed by atoms with Crippen molar-refractivity contribution in [3.63, 3.8) is 0 Å². The molecule has 0 aromatic heterocycles. The summed E-state index contributed by atoms with van der Waals surface area (Å²) >= 11 is 0. The van der Waals surface area contributed by atoms with Crippen LogP contribution in [0.2, 0.25) is 0 Å². The van der Waals surface area contributed by atoms with Crippen LogP contribution in [-0.2, 0) is 14.4 Å². The Morgan fingerprint density at radius 1 is 1.04 bits per heavy atom. The van der Waals surface area contributed by atoms with Gasteiger partial charge in [-0.05, 0) is 18.1 Å². The maximum absolute atomic E-state index is 12.6. The summed E-state index contributed by atoms with van der Waals surface area (Å²) in [6.07, 6.45) is 0.0874. The lowest BCUT2D eigenvalue weighted by Crippen LogP contribution is -2.39. The summed E-state index contributed by atoms with van der Waals surface area (Å²) in [7, 11) is 0. The Kier molecular flexibility index (Phi) is 5.54. The quantitative estimate of drug-likeness (QED) is 0.823. The first-order valence-electron chi connectivity index (χ1n) is 8.90. The van der Waals surface area contributed by atoms with Crippen molar-refractivity contribution in [1.29, 1.82) is 0 Å². The zero-order valence-corrected chi connectivity index (χ0v) is 15.0. The van der Waals surface area contributed by atoms with Gasteiger partial charge in [0.15, 0.2) is 6.04 Å². The van der Waals surface area contributed by atoms with Crippen LogP contribution in [0.4, 0.5) is 0 Å². The molecule has 3 rings (SSSR count). The first-order chi connectivity index (χ1) is 13.0. The Morgan fingerprint density at radius 3 is 2.15 bits per heavy atom. The number of rotatable bonds is 6. The van der Waals surface area contributed by atoms with Crippen molar-refractivity contribution in [2.45, 2.75) is 25.4 Å². The minimum atomic E-state index is -1.13. The fourth-order valence-electron chi connectivity index (χ4n) is 3.39.